The van der Waals surface area contributed by atoms with Crippen molar-refractivity contribution in [3.8, 4) is 0 Å². The van der Waals surface area contributed by atoms with Crippen LogP contribution in [0.4, 0.5) is 0 Å². The first kappa shape index (κ1) is 25.3. The molecule has 3 aliphatic rings. The molecule has 2 saturated carbocycles. The van der Waals surface area contributed by atoms with Gasteiger partial charge in [-0.3, -0.25) is 4.79 Å². The van der Waals surface area contributed by atoms with Crippen molar-refractivity contribution in [2.24, 2.45) is 40.4 Å². The van der Waals surface area contributed by atoms with E-state index < -0.39 is 0 Å². The van der Waals surface area contributed by atoms with Crippen molar-refractivity contribution in [2.75, 3.05) is 6.61 Å². The SMILES string of the molecule is CCC(=O)OCCC1=CC[C@H]2[C@@H]3CC[C@H]([C@H](C)/C=C\C=C(C)C)[C@@]3(C)CC[C@@H]2[C@@]1(C)CC. The van der Waals surface area contributed by atoms with Crippen LogP contribution in [0.15, 0.2) is 35.5 Å². The minimum Gasteiger partial charge on any atom is -0.465 e. The maximum absolute atomic E-state index is 11.6. The summed E-state index contributed by atoms with van der Waals surface area (Å²) in [6.45, 7) is 16.7. The molecule has 2 heteroatoms. The largest absolute Gasteiger partial charge is 0.465 e. The Morgan fingerprint density at radius 3 is 2.59 bits per heavy atom. The first-order chi connectivity index (χ1) is 15.2. The molecule has 0 heterocycles. The quantitative estimate of drug-likeness (QED) is 0.215. The lowest BCUT2D eigenvalue weighted by Crippen LogP contribution is -2.49. The first-order valence-corrected chi connectivity index (χ1v) is 13.3. The van der Waals surface area contributed by atoms with Gasteiger partial charge in [0.25, 0.3) is 0 Å². The van der Waals surface area contributed by atoms with Crippen LogP contribution in [0.1, 0.15) is 99.8 Å². The van der Waals surface area contributed by atoms with E-state index in [4.69, 9.17) is 4.74 Å². The average Bonchev–Trinajstić information content (AvgIpc) is 3.12. The predicted octanol–water partition coefficient (Wildman–Crippen LogP) is 8.29. The molecule has 0 unspecified atom stereocenters. The lowest BCUT2D eigenvalue weighted by Gasteiger charge is -2.57. The molecular weight excluding hydrogens is 392 g/mol. The van der Waals surface area contributed by atoms with Crippen molar-refractivity contribution in [2.45, 2.75) is 99.8 Å². The summed E-state index contributed by atoms with van der Waals surface area (Å²) in [4.78, 5) is 11.6. The maximum atomic E-state index is 11.6. The van der Waals surface area contributed by atoms with Gasteiger partial charge in [-0.1, -0.05) is 70.1 Å². The molecule has 0 aromatic carbocycles. The van der Waals surface area contributed by atoms with Crippen LogP contribution < -0.4 is 0 Å². The summed E-state index contributed by atoms with van der Waals surface area (Å²) < 4.78 is 5.45. The number of hydrogen-bond donors (Lipinski definition) is 0. The second-order valence-electron chi connectivity index (χ2n) is 11.7. The van der Waals surface area contributed by atoms with Gasteiger partial charge in [0, 0.05) is 12.8 Å². The Balaban J connectivity index is 1.76. The van der Waals surface area contributed by atoms with Crippen LogP contribution in [0.25, 0.3) is 0 Å². The van der Waals surface area contributed by atoms with Gasteiger partial charge < -0.3 is 4.74 Å². The number of esters is 1. The van der Waals surface area contributed by atoms with Gasteiger partial charge in [-0.05, 0) is 92.8 Å². The van der Waals surface area contributed by atoms with E-state index in [1.54, 1.807) is 5.57 Å². The summed E-state index contributed by atoms with van der Waals surface area (Å²) in [5.41, 5.74) is 3.67. The van der Waals surface area contributed by atoms with E-state index in [9.17, 15) is 4.79 Å². The Kier molecular flexibility index (Phi) is 8.16. The number of rotatable bonds is 8. The molecule has 2 nitrogen and oxygen atoms in total. The summed E-state index contributed by atoms with van der Waals surface area (Å²) >= 11 is 0. The molecule has 3 rings (SSSR count). The molecule has 0 spiro atoms. The molecule has 32 heavy (non-hydrogen) atoms. The molecule has 180 valence electrons. The third-order valence-electron chi connectivity index (χ3n) is 9.84. The number of allylic oxidation sites excluding steroid dienone is 5. The summed E-state index contributed by atoms with van der Waals surface area (Å²) in [6, 6.07) is 0. The molecule has 0 radical (unpaired) electrons. The van der Waals surface area contributed by atoms with E-state index in [0.29, 0.717) is 24.4 Å². The van der Waals surface area contributed by atoms with E-state index in [0.717, 1.165) is 30.1 Å². The van der Waals surface area contributed by atoms with Gasteiger partial charge in [-0.2, -0.15) is 0 Å². The molecule has 2 fully saturated rings. The van der Waals surface area contributed by atoms with Gasteiger partial charge in [-0.25, -0.2) is 0 Å². The van der Waals surface area contributed by atoms with Crippen molar-refractivity contribution in [3.05, 3.63) is 35.5 Å². The summed E-state index contributed by atoms with van der Waals surface area (Å²) in [5, 5.41) is 0. The third-order valence-corrected chi connectivity index (χ3v) is 9.84. The number of carbonyl (C=O) groups excluding carboxylic acids is 1. The number of hydrogen-bond acceptors (Lipinski definition) is 2. The van der Waals surface area contributed by atoms with Gasteiger partial charge in [0.2, 0.25) is 0 Å². The van der Waals surface area contributed by atoms with Crippen LogP contribution in [0.2, 0.25) is 0 Å². The molecule has 0 aromatic rings. The van der Waals surface area contributed by atoms with Crippen molar-refractivity contribution in [1.82, 2.24) is 0 Å². The Morgan fingerprint density at radius 2 is 1.94 bits per heavy atom. The predicted molar refractivity (Wildman–Crippen MR) is 135 cm³/mol. The third kappa shape index (κ3) is 4.80. The smallest absolute Gasteiger partial charge is 0.305 e. The Hall–Kier alpha value is -1.31. The normalized spacial score (nSPS) is 37.4. The minimum absolute atomic E-state index is 0.0734. The molecule has 0 aromatic heterocycles. The maximum Gasteiger partial charge on any atom is 0.305 e. The first-order valence-electron chi connectivity index (χ1n) is 13.3. The van der Waals surface area contributed by atoms with Gasteiger partial charge >= 0.3 is 5.97 Å². The van der Waals surface area contributed by atoms with E-state index >= 15 is 0 Å². The average molecular weight is 441 g/mol. The van der Waals surface area contributed by atoms with Crippen molar-refractivity contribution in [1.29, 1.82) is 0 Å². The number of ether oxygens (including phenoxy) is 1. The van der Waals surface area contributed by atoms with Crippen molar-refractivity contribution in [3.63, 3.8) is 0 Å². The lowest BCUT2D eigenvalue weighted by atomic mass is 9.48. The van der Waals surface area contributed by atoms with Crippen LogP contribution >= 0.6 is 0 Å². The topological polar surface area (TPSA) is 26.3 Å². The highest BCUT2D eigenvalue weighted by atomic mass is 16.5. The summed E-state index contributed by atoms with van der Waals surface area (Å²) in [7, 11) is 0. The van der Waals surface area contributed by atoms with Gasteiger partial charge in [-0.15, -0.1) is 0 Å². The monoisotopic (exact) mass is 440 g/mol. The minimum atomic E-state index is -0.0734. The fraction of sp³-hybridized carbons (Fsp3) is 0.767. The Morgan fingerprint density at radius 1 is 1.19 bits per heavy atom. The van der Waals surface area contributed by atoms with Crippen molar-refractivity contribution < 1.29 is 9.53 Å². The Bertz CT molecular complexity index is 755. The number of fused-ring (bicyclic) bond motifs is 3. The van der Waals surface area contributed by atoms with Crippen LogP contribution in [0, 0.1) is 40.4 Å². The second-order valence-corrected chi connectivity index (χ2v) is 11.7. The van der Waals surface area contributed by atoms with E-state index in [2.05, 4.69) is 65.8 Å². The standard InChI is InChI=1S/C30H48O2/c1-8-28(31)32-20-18-23-13-14-24-26-16-15-25(22(5)12-10-11-21(3)4)30(26,7)19-17-27(24)29(23,6)9-2/h10-13,22,24-27H,8-9,14-20H2,1-7H3/b12-10-/t22-,24+,25-,26+,27+,29+,30-/m1/s1. The van der Waals surface area contributed by atoms with Crippen molar-refractivity contribution >= 4 is 5.97 Å². The molecule has 0 N–H and O–H groups in total. The van der Waals surface area contributed by atoms with E-state index in [1.807, 2.05) is 6.92 Å². The van der Waals surface area contributed by atoms with E-state index in [-0.39, 0.29) is 11.4 Å². The highest BCUT2D eigenvalue weighted by Crippen LogP contribution is 2.66. The van der Waals surface area contributed by atoms with Gasteiger partial charge in [0.1, 0.15) is 0 Å². The molecular formula is C30H48O2. The van der Waals surface area contributed by atoms with Crippen LogP contribution in [0.5, 0.6) is 0 Å². The Labute approximate surface area is 198 Å². The zero-order valence-corrected chi connectivity index (χ0v) is 21.9. The zero-order valence-electron chi connectivity index (χ0n) is 21.9. The highest BCUT2D eigenvalue weighted by molar-refractivity contribution is 5.68. The fourth-order valence-corrected chi connectivity index (χ4v) is 7.87. The molecule has 3 aliphatic carbocycles. The van der Waals surface area contributed by atoms with Gasteiger partial charge in [0.05, 0.1) is 6.61 Å². The molecule has 0 saturated heterocycles. The van der Waals surface area contributed by atoms with Crippen LogP contribution in [0.3, 0.4) is 0 Å². The molecule has 0 amide bonds. The van der Waals surface area contributed by atoms with Crippen LogP contribution in [-0.2, 0) is 9.53 Å². The molecule has 0 bridgehead atoms. The zero-order chi connectivity index (χ0) is 23.5. The lowest BCUT2D eigenvalue weighted by molar-refractivity contribution is -0.143. The fourth-order valence-electron chi connectivity index (χ4n) is 7.87. The number of carbonyl (C=O) groups is 1. The van der Waals surface area contributed by atoms with Crippen LogP contribution in [-0.4, -0.2) is 12.6 Å². The summed E-state index contributed by atoms with van der Waals surface area (Å²) in [5.74, 6) is 3.84. The molecule has 0 aliphatic heterocycles. The molecule has 7 atom stereocenters. The second kappa shape index (κ2) is 10.3. The highest BCUT2D eigenvalue weighted by Gasteiger charge is 2.58. The van der Waals surface area contributed by atoms with E-state index in [1.165, 1.54) is 44.1 Å². The summed E-state index contributed by atoms with van der Waals surface area (Å²) in [6.07, 6.45) is 18.9. The van der Waals surface area contributed by atoms with Gasteiger partial charge in [0.15, 0.2) is 0 Å².